The molecule has 2 heterocycles. The standard InChI is InChI=1S/C24H20N4O2S/c1-26-23-21(17-6-8-19(9-7-17)30-12-11-29)20(13-25)24(28-22(23)18-4-5-18)31-15-16-3-2-10-27-14-16/h2-3,6-10,14,18,29H,4-5,11-12,15H2. The van der Waals surface area contributed by atoms with E-state index in [1.807, 2.05) is 24.3 Å². The van der Waals surface area contributed by atoms with Crippen molar-refractivity contribution in [3.8, 4) is 22.9 Å². The molecule has 1 aromatic carbocycles. The molecule has 6 nitrogen and oxygen atoms in total. The third-order valence-electron chi connectivity index (χ3n) is 4.95. The van der Waals surface area contributed by atoms with Crippen LogP contribution in [0.25, 0.3) is 16.0 Å². The number of nitrogens with zero attached hydrogens (tertiary/aromatic N) is 4. The molecule has 3 aromatic rings. The second kappa shape index (κ2) is 9.61. The summed E-state index contributed by atoms with van der Waals surface area (Å²) in [5.74, 6) is 1.55. The molecule has 0 spiro atoms. The number of pyridine rings is 2. The molecule has 154 valence electrons. The minimum absolute atomic E-state index is 0.0607. The van der Waals surface area contributed by atoms with Gasteiger partial charge in [-0.2, -0.15) is 5.26 Å². The average Bonchev–Trinajstić information content (AvgIpc) is 3.67. The number of ether oxygens (including phenoxy) is 1. The van der Waals surface area contributed by atoms with Crippen LogP contribution in [0.1, 0.15) is 35.6 Å². The molecular weight excluding hydrogens is 408 g/mol. The molecule has 0 radical (unpaired) electrons. The minimum atomic E-state index is -0.0607. The highest BCUT2D eigenvalue weighted by Crippen LogP contribution is 2.49. The Morgan fingerprint density at radius 1 is 1.26 bits per heavy atom. The van der Waals surface area contributed by atoms with Crippen LogP contribution < -0.4 is 4.74 Å². The Labute approximate surface area is 185 Å². The highest BCUT2D eigenvalue weighted by atomic mass is 32.2. The summed E-state index contributed by atoms with van der Waals surface area (Å²) in [6.45, 7) is 7.97. The summed E-state index contributed by atoms with van der Waals surface area (Å²) in [7, 11) is 0. The van der Waals surface area contributed by atoms with E-state index in [-0.39, 0.29) is 19.1 Å². The van der Waals surface area contributed by atoms with Crippen LogP contribution in [-0.2, 0) is 5.75 Å². The molecular formula is C24H20N4O2S. The van der Waals surface area contributed by atoms with Gasteiger partial charge in [-0.05, 0) is 48.1 Å². The molecule has 0 saturated heterocycles. The average molecular weight is 429 g/mol. The Kier molecular flexibility index (Phi) is 6.47. The van der Waals surface area contributed by atoms with E-state index in [1.54, 1.807) is 24.5 Å². The van der Waals surface area contributed by atoms with E-state index in [0.717, 1.165) is 29.7 Å². The van der Waals surface area contributed by atoms with E-state index >= 15 is 0 Å². The summed E-state index contributed by atoms with van der Waals surface area (Å²) < 4.78 is 5.44. The second-order valence-corrected chi connectivity index (χ2v) is 8.11. The zero-order valence-electron chi connectivity index (χ0n) is 16.8. The third kappa shape index (κ3) is 4.69. The van der Waals surface area contributed by atoms with Gasteiger partial charge in [-0.15, -0.1) is 11.8 Å². The number of hydrogen-bond donors (Lipinski definition) is 1. The normalized spacial score (nSPS) is 12.7. The quantitative estimate of drug-likeness (QED) is 0.397. The number of thioether (sulfide) groups is 1. The fourth-order valence-corrected chi connectivity index (χ4v) is 4.26. The lowest BCUT2D eigenvalue weighted by molar-refractivity contribution is 0.201. The van der Waals surface area contributed by atoms with Crippen LogP contribution in [-0.4, -0.2) is 28.3 Å². The Balaban J connectivity index is 1.78. The van der Waals surface area contributed by atoms with Crippen molar-refractivity contribution < 1.29 is 9.84 Å². The Bertz CT molecular complexity index is 1150. The van der Waals surface area contributed by atoms with Gasteiger partial charge >= 0.3 is 0 Å². The lowest BCUT2D eigenvalue weighted by Gasteiger charge is -2.15. The van der Waals surface area contributed by atoms with E-state index in [1.165, 1.54) is 11.8 Å². The fourth-order valence-electron chi connectivity index (χ4n) is 3.33. The summed E-state index contributed by atoms with van der Waals surface area (Å²) in [5.41, 5.74) is 4.15. The van der Waals surface area contributed by atoms with Crippen LogP contribution in [0.15, 0.2) is 53.8 Å². The highest BCUT2D eigenvalue weighted by Gasteiger charge is 2.32. The van der Waals surface area contributed by atoms with E-state index < -0.39 is 0 Å². The minimum Gasteiger partial charge on any atom is -0.491 e. The van der Waals surface area contributed by atoms with E-state index in [4.69, 9.17) is 21.4 Å². The predicted octanol–water partition coefficient (Wildman–Crippen LogP) is 5.11. The smallest absolute Gasteiger partial charge is 0.217 e. The summed E-state index contributed by atoms with van der Waals surface area (Å²) in [5, 5.41) is 19.6. The van der Waals surface area contributed by atoms with Crippen molar-refractivity contribution in [1.82, 2.24) is 9.97 Å². The first-order valence-electron chi connectivity index (χ1n) is 9.96. The monoisotopic (exact) mass is 428 g/mol. The van der Waals surface area contributed by atoms with Gasteiger partial charge in [0.25, 0.3) is 0 Å². The van der Waals surface area contributed by atoms with Gasteiger partial charge in [0.05, 0.1) is 24.4 Å². The number of hydrogen-bond acceptors (Lipinski definition) is 6. The molecule has 1 N–H and O–H groups in total. The molecule has 1 fully saturated rings. The fraction of sp³-hybridized carbons (Fsp3) is 0.250. The maximum atomic E-state index is 10.0. The number of aliphatic hydroxyl groups is 1. The van der Waals surface area contributed by atoms with Gasteiger partial charge in [-0.3, -0.25) is 9.97 Å². The number of aliphatic hydroxyl groups excluding tert-OH is 1. The SMILES string of the molecule is [C-]#[N+]c1c(C2CC2)nc(SCc2cccnc2)c(C#N)c1-c1ccc(OCCO)cc1. The van der Waals surface area contributed by atoms with Gasteiger partial charge in [0.15, 0.2) is 0 Å². The zero-order valence-corrected chi connectivity index (χ0v) is 17.6. The molecule has 0 aliphatic heterocycles. The predicted molar refractivity (Wildman–Crippen MR) is 119 cm³/mol. The van der Waals surface area contributed by atoms with Crippen LogP contribution in [0, 0.1) is 17.9 Å². The van der Waals surface area contributed by atoms with Gasteiger partial charge < -0.3 is 9.84 Å². The number of nitriles is 1. The van der Waals surface area contributed by atoms with Crippen LogP contribution >= 0.6 is 11.8 Å². The Morgan fingerprint density at radius 3 is 2.68 bits per heavy atom. The van der Waals surface area contributed by atoms with Gasteiger partial charge in [-0.1, -0.05) is 18.2 Å². The lowest BCUT2D eigenvalue weighted by atomic mass is 9.97. The van der Waals surface area contributed by atoms with Crippen molar-refractivity contribution in [2.45, 2.75) is 29.5 Å². The molecule has 7 heteroatoms. The van der Waals surface area contributed by atoms with Crippen molar-refractivity contribution in [3.05, 3.63) is 77.0 Å². The van der Waals surface area contributed by atoms with Crippen LogP contribution in [0.5, 0.6) is 5.75 Å². The van der Waals surface area contributed by atoms with E-state index in [2.05, 4.69) is 15.9 Å². The Morgan fingerprint density at radius 2 is 2.06 bits per heavy atom. The van der Waals surface area contributed by atoms with E-state index in [0.29, 0.717) is 33.3 Å². The maximum Gasteiger partial charge on any atom is 0.217 e. The Hall–Kier alpha value is -3.39. The first-order chi connectivity index (χ1) is 15.2. The summed E-state index contributed by atoms with van der Waals surface area (Å²) in [4.78, 5) is 12.7. The van der Waals surface area contributed by atoms with Gasteiger partial charge in [0.1, 0.15) is 23.5 Å². The first kappa shape index (κ1) is 20.9. The topological polar surface area (TPSA) is 83.4 Å². The largest absolute Gasteiger partial charge is 0.491 e. The van der Waals surface area contributed by atoms with Crippen molar-refractivity contribution in [2.75, 3.05) is 13.2 Å². The third-order valence-corrected chi connectivity index (χ3v) is 6.00. The second-order valence-electron chi connectivity index (χ2n) is 7.15. The van der Waals surface area contributed by atoms with Crippen molar-refractivity contribution >= 4 is 17.4 Å². The zero-order chi connectivity index (χ0) is 21.6. The van der Waals surface area contributed by atoms with Crippen LogP contribution in [0.4, 0.5) is 5.69 Å². The van der Waals surface area contributed by atoms with Gasteiger partial charge in [-0.25, -0.2) is 4.85 Å². The molecule has 0 amide bonds. The van der Waals surface area contributed by atoms with Gasteiger partial charge in [0, 0.05) is 23.7 Å². The molecule has 4 rings (SSSR count). The van der Waals surface area contributed by atoms with Gasteiger partial charge in [0.2, 0.25) is 5.69 Å². The highest BCUT2D eigenvalue weighted by molar-refractivity contribution is 7.98. The van der Waals surface area contributed by atoms with Crippen molar-refractivity contribution in [2.24, 2.45) is 0 Å². The lowest BCUT2D eigenvalue weighted by Crippen LogP contribution is -2.01. The molecule has 2 aromatic heterocycles. The van der Waals surface area contributed by atoms with E-state index in [9.17, 15) is 5.26 Å². The molecule has 0 bridgehead atoms. The van der Waals surface area contributed by atoms with Crippen molar-refractivity contribution in [3.63, 3.8) is 0 Å². The first-order valence-corrected chi connectivity index (χ1v) is 10.9. The van der Waals surface area contributed by atoms with Crippen molar-refractivity contribution in [1.29, 1.82) is 5.26 Å². The summed E-state index contributed by atoms with van der Waals surface area (Å²) >= 11 is 1.50. The van der Waals surface area contributed by atoms with Crippen LogP contribution in [0.2, 0.25) is 0 Å². The molecule has 0 unspecified atom stereocenters. The molecule has 1 aliphatic carbocycles. The molecule has 1 aliphatic rings. The maximum absolute atomic E-state index is 10.0. The number of benzene rings is 1. The molecule has 31 heavy (non-hydrogen) atoms. The van der Waals surface area contributed by atoms with Crippen LogP contribution in [0.3, 0.4) is 0 Å². The number of rotatable bonds is 8. The summed E-state index contributed by atoms with van der Waals surface area (Å²) in [6, 6.07) is 13.5. The number of aromatic nitrogens is 2. The molecule has 1 saturated carbocycles. The molecule has 0 atom stereocenters. The summed E-state index contributed by atoms with van der Waals surface area (Å²) in [6.07, 6.45) is 5.57.